The topological polar surface area (TPSA) is 18.5 Å². The SMILES string of the molecule is CCCC1(CCC)Oc2ccccc2C(OC(C)C)C1(C)C. The monoisotopic (exact) mass is 304 g/mol. The molecule has 0 N–H and O–H groups in total. The zero-order valence-electron chi connectivity index (χ0n) is 15.1. The number of ether oxygens (including phenoxy) is 2. The van der Waals surface area contributed by atoms with Crippen molar-refractivity contribution in [1.82, 2.24) is 0 Å². The van der Waals surface area contributed by atoms with E-state index in [1.807, 2.05) is 0 Å². The van der Waals surface area contributed by atoms with Gasteiger partial charge in [0.15, 0.2) is 0 Å². The van der Waals surface area contributed by atoms with Crippen molar-refractivity contribution in [3.05, 3.63) is 29.8 Å². The van der Waals surface area contributed by atoms with Crippen LogP contribution in [0.4, 0.5) is 0 Å². The van der Waals surface area contributed by atoms with Gasteiger partial charge in [-0.15, -0.1) is 0 Å². The second kappa shape index (κ2) is 6.62. The summed E-state index contributed by atoms with van der Waals surface area (Å²) in [5, 5.41) is 0. The van der Waals surface area contributed by atoms with Crippen molar-refractivity contribution >= 4 is 0 Å². The maximum absolute atomic E-state index is 6.65. The number of hydrogen-bond acceptors (Lipinski definition) is 2. The molecule has 0 aromatic heterocycles. The molecule has 2 heteroatoms. The number of rotatable bonds is 6. The molecule has 0 saturated heterocycles. The third kappa shape index (κ3) is 2.90. The van der Waals surface area contributed by atoms with E-state index >= 15 is 0 Å². The molecule has 0 saturated carbocycles. The first-order chi connectivity index (χ1) is 10.4. The van der Waals surface area contributed by atoms with E-state index in [2.05, 4.69) is 65.8 Å². The number of para-hydroxylation sites is 1. The summed E-state index contributed by atoms with van der Waals surface area (Å²) in [7, 11) is 0. The average Bonchev–Trinajstić information content (AvgIpc) is 2.44. The standard InChI is InChI=1S/C20H32O2/c1-7-13-20(14-8-2)19(5,6)18(21-15(3)4)16-11-9-10-12-17(16)22-20/h9-12,15,18H,7-8,13-14H2,1-6H3. The highest BCUT2D eigenvalue weighted by molar-refractivity contribution is 5.40. The van der Waals surface area contributed by atoms with Gasteiger partial charge in [-0.25, -0.2) is 0 Å². The molecule has 1 aliphatic rings. The van der Waals surface area contributed by atoms with E-state index in [1.165, 1.54) is 5.56 Å². The van der Waals surface area contributed by atoms with Crippen LogP contribution in [-0.4, -0.2) is 11.7 Å². The Morgan fingerprint density at radius 2 is 1.68 bits per heavy atom. The van der Waals surface area contributed by atoms with Crippen molar-refractivity contribution < 1.29 is 9.47 Å². The Morgan fingerprint density at radius 3 is 2.23 bits per heavy atom. The van der Waals surface area contributed by atoms with Crippen LogP contribution in [0.2, 0.25) is 0 Å². The van der Waals surface area contributed by atoms with Crippen LogP contribution in [0.3, 0.4) is 0 Å². The van der Waals surface area contributed by atoms with Gasteiger partial charge >= 0.3 is 0 Å². The summed E-state index contributed by atoms with van der Waals surface area (Å²) >= 11 is 0. The summed E-state index contributed by atoms with van der Waals surface area (Å²) in [4.78, 5) is 0. The molecular weight excluding hydrogens is 272 g/mol. The summed E-state index contributed by atoms with van der Waals surface area (Å²) in [5.74, 6) is 1.01. The maximum Gasteiger partial charge on any atom is 0.126 e. The zero-order chi connectivity index (χ0) is 16.4. The molecule has 0 fully saturated rings. The smallest absolute Gasteiger partial charge is 0.126 e. The molecule has 1 atom stereocenters. The predicted molar refractivity (Wildman–Crippen MR) is 92.4 cm³/mol. The quantitative estimate of drug-likeness (QED) is 0.650. The van der Waals surface area contributed by atoms with E-state index < -0.39 is 0 Å². The first-order valence-electron chi connectivity index (χ1n) is 8.81. The molecule has 22 heavy (non-hydrogen) atoms. The van der Waals surface area contributed by atoms with Crippen molar-refractivity contribution in [2.75, 3.05) is 0 Å². The van der Waals surface area contributed by atoms with Crippen LogP contribution >= 0.6 is 0 Å². The Balaban J connectivity index is 2.55. The van der Waals surface area contributed by atoms with Gasteiger partial charge in [-0.2, -0.15) is 0 Å². The van der Waals surface area contributed by atoms with E-state index in [0.717, 1.165) is 31.4 Å². The molecule has 1 aliphatic heterocycles. The molecule has 1 aromatic carbocycles. The highest BCUT2D eigenvalue weighted by atomic mass is 16.5. The largest absolute Gasteiger partial charge is 0.486 e. The molecule has 0 amide bonds. The van der Waals surface area contributed by atoms with Crippen LogP contribution in [0.15, 0.2) is 24.3 Å². The zero-order valence-corrected chi connectivity index (χ0v) is 15.1. The first-order valence-corrected chi connectivity index (χ1v) is 8.81. The van der Waals surface area contributed by atoms with Gasteiger partial charge in [0.2, 0.25) is 0 Å². The lowest BCUT2D eigenvalue weighted by Gasteiger charge is -2.54. The molecule has 0 spiro atoms. The molecule has 1 unspecified atom stereocenters. The van der Waals surface area contributed by atoms with Crippen molar-refractivity contribution in [3.8, 4) is 5.75 Å². The molecule has 1 heterocycles. The third-order valence-corrected chi connectivity index (χ3v) is 5.05. The highest BCUT2D eigenvalue weighted by Gasteiger charge is 2.55. The molecule has 0 aliphatic carbocycles. The average molecular weight is 304 g/mol. The Labute approximate surface area is 136 Å². The maximum atomic E-state index is 6.65. The number of fused-ring (bicyclic) bond motifs is 1. The second-order valence-corrected chi connectivity index (χ2v) is 7.42. The van der Waals surface area contributed by atoms with Crippen LogP contribution in [-0.2, 0) is 4.74 Å². The summed E-state index contributed by atoms with van der Waals surface area (Å²) in [6.45, 7) is 13.4. The van der Waals surface area contributed by atoms with Crippen LogP contribution in [0.5, 0.6) is 5.75 Å². The highest BCUT2D eigenvalue weighted by Crippen LogP contribution is 2.56. The van der Waals surface area contributed by atoms with Crippen molar-refractivity contribution in [2.24, 2.45) is 5.41 Å². The van der Waals surface area contributed by atoms with Gasteiger partial charge < -0.3 is 9.47 Å². The van der Waals surface area contributed by atoms with Crippen LogP contribution in [0.1, 0.15) is 78.9 Å². The molecule has 124 valence electrons. The van der Waals surface area contributed by atoms with Gasteiger partial charge in [0.25, 0.3) is 0 Å². The van der Waals surface area contributed by atoms with Gasteiger partial charge in [0.1, 0.15) is 11.4 Å². The summed E-state index contributed by atoms with van der Waals surface area (Å²) in [6.07, 6.45) is 4.67. The lowest BCUT2D eigenvalue weighted by atomic mass is 9.63. The fourth-order valence-electron chi connectivity index (χ4n) is 3.95. The Bertz CT molecular complexity index is 484. The predicted octanol–water partition coefficient (Wildman–Crippen LogP) is 5.91. The van der Waals surface area contributed by atoms with Gasteiger partial charge in [-0.3, -0.25) is 0 Å². The van der Waals surface area contributed by atoms with Gasteiger partial charge in [0.05, 0.1) is 12.2 Å². The number of benzene rings is 1. The fourth-order valence-corrected chi connectivity index (χ4v) is 3.95. The minimum Gasteiger partial charge on any atom is -0.486 e. The Kier molecular flexibility index (Phi) is 5.21. The van der Waals surface area contributed by atoms with E-state index in [-0.39, 0.29) is 23.2 Å². The Hall–Kier alpha value is -1.02. The number of hydrogen-bond donors (Lipinski definition) is 0. The van der Waals surface area contributed by atoms with Crippen LogP contribution in [0.25, 0.3) is 0 Å². The first kappa shape index (κ1) is 17.3. The van der Waals surface area contributed by atoms with E-state index in [1.54, 1.807) is 0 Å². The van der Waals surface area contributed by atoms with Crippen molar-refractivity contribution in [3.63, 3.8) is 0 Å². The van der Waals surface area contributed by atoms with Crippen LogP contribution in [0, 0.1) is 5.41 Å². The van der Waals surface area contributed by atoms with E-state index in [0.29, 0.717) is 0 Å². The lowest BCUT2D eigenvalue weighted by Crippen LogP contribution is -2.56. The molecular formula is C20H32O2. The Morgan fingerprint density at radius 1 is 1.09 bits per heavy atom. The fraction of sp³-hybridized carbons (Fsp3) is 0.700. The van der Waals surface area contributed by atoms with E-state index in [9.17, 15) is 0 Å². The minimum absolute atomic E-state index is 0.0579. The molecule has 0 radical (unpaired) electrons. The molecule has 2 rings (SSSR count). The normalized spacial score (nSPS) is 22.2. The van der Waals surface area contributed by atoms with Crippen molar-refractivity contribution in [1.29, 1.82) is 0 Å². The second-order valence-electron chi connectivity index (χ2n) is 7.42. The molecule has 0 bridgehead atoms. The summed E-state index contributed by atoms with van der Waals surface area (Å²) in [6, 6.07) is 8.40. The van der Waals surface area contributed by atoms with Crippen LogP contribution < -0.4 is 4.74 Å². The molecule has 1 aromatic rings. The molecule has 2 nitrogen and oxygen atoms in total. The van der Waals surface area contributed by atoms with Gasteiger partial charge in [0, 0.05) is 11.0 Å². The minimum atomic E-state index is -0.148. The van der Waals surface area contributed by atoms with E-state index in [4.69, 9.17) is 9.47 Å². The summed E-state index contributed by atoms with van der Waals surface area (Å²) in [5.41, 5.74) is 0.992. The van der Waals surface area contributed by atoms with Gasteiger partial charge in [-0.1, -0.05) is 58.7 Å². The third-order valence-electron chi connectivity index (χ3n) is 5.05. The van der Waals surface area contributed by atoms with Crippen molar-refractivity contribution in [2.45, 2.75) is 85.0 Å². The van der Waals surface area contributed by atoms with Gasteiger partial charge in [-0.05, 0) is 32.8 Å². The summed E-state index contributed by atoms with van der Waals surface area (Å²) < 4.78 is 13.0. The lowest BCUT2D eigenvalue weighted by molar-refractivity contribution is -0.172.